The smallest absolute Gasteiger partial charge is 0.123 e. The van der Waals surface area contributed by atoms with Crippen molar-refractivity contribution in [2.45, 2.75) is 82.8 Å². The summed E-state index contributed by atoms with van der Waals surface area (Å²) < 4.78 is 12.9. The number of aryl methyl sites for hydroxylation is 1. The fourth-order valence-corrected chi connectivity index (χ4v) is 7.48. The lowest BCUT2D eigenvalue weighted by Crippen LogP contribution is -2.21. The summed E-state index contributed by atoms with van der Waals surface area (Å²) in [6, 6.07) is 11.9. The third-order valence-corrected chi connectivity index (χ3v) is 8.96. The Morgan fingerprint density at radius 2 is 1.68 bits per heavy atom. The van der Waals surface area contributed by atoms with E-state index in [0.29, 0.717) is 0 Å². The van der Waals surface area contributed by atoms with Crippen molar-refractivity contribution in [2.24, 2.45) is 5.92 Å². The first-order valence-corrected chi connectivity index (χ1v) is 12.0. The van der Waals surface area contributed by atoms with Gasteiger partial charge in [-0.05, 0) is 36.5 Å². The molecule has 0 N–H and O–H groups in total. The summed E-state index contributed by atoms with van der Waals surface area (Å²) >= 11 is 0. The normalized spacial score (nSPS) is 21.9. The quantitative estimate of drug-likeness (QED) is 0.366. The van der Waals surface area contributed by atoms with Crippen LogP contribution in [0.3, 0.4) is 0 Å². The van der Waals surface area contributed by atoms with E-state index >= 15 is 0 Å². The molecule has 2 rings (SSSR count). The fourth-order valence-electron chi connectivity index (χ4n) is 3.87. The molecule has 1 aromatic carbocycles. The van der Waals surface area contributed by atoms with E-state index in [9.17, 15) is 4.39 Å². The molecule has 1 heterocycles. The number of benzene rings is 1. The fraction of sp³-hybridized carbons (Fsp3) is 0.700. The van der Waals surface area contributed by atoms with Gasteiger partial charge in [0.1, 0.15) is 5.82 Å². The van der Waals surface area contributed by atoms with Gasteiger partial charge in [0.2, 0.25) is 0 Å². The second-order valence-electron chi connectivity index (χ2n) is 7.25. The summed E-state index contributed by atoms with van der Waals surface area (Å²) in [5.74, 6) is 0.822. The number of halogens is 1. The summed E-state index contributed by atoms with van der Waals surface area (Å²) in [4.78, 5) is 0. The molecule has 1 aliphatic heterocycles. The lowest BCUT2D eigenvalue weighted by Gasteiger charge is -2.27. The van der Waals surface area contributed by atoms with E-state index in [0.717, 1.165) is 12.3 Å². The number of hydrogen-bond donors (Lipinski definition) is 0. The van der Waals surface area contributed by atoms with Crippen molar-refractivity contribution >= 4 is 8.80 Å². The van der Waals surface area contributed by atoms with E-state index < -0.39 is 0 Å². The van der Waals surface area contributed by atoms with Gasteiger partial charge in [0.15, 0.2) is 0 Å². The van der Waals surface area contributed by atoms with Crippen molar-refractivity contribution in [1.29, 1.82) is 0 Å². The Bertz CT molecular complexity index is 393. The molecule has 0 aliphatic carbocycles. The van der Waals surface area contributed by atoms with Gasteiger partial charge in [-0.3, -0.25) is 0 Å². The van der Waals surface area contributed by atoms with Gasteiger partial charge in [-0.15, -0.1) is 0 Å². The minimum atomic E-state index is -0.371. The molecule has 0 unspecified atom stereocenters. The van der Waals surface area contributed by atoms with Gasteiger partial charge < -0.3 is 0 Å². The minimum absolute atomic E-state index is 0.116. The highest BCUT2D eigenvalue weighted by molar-refractivity contribution is 6.58. The van der Waals surface area contributed by atoms with Crippen LogP contribution in [0.2, 0.25) is 18.1 Å². The maximum atomic E-state index is 12.9. The maximum absolute atomic E-state index is 12.9. The van der Waals surface area contributed by atoms with Crippen LogP contribution in [0.1, 0.15) is 63.9 Å². The molecule has 0 saturated carbocycles. The van der Waals surface area contributed by atoms with Crippen LogP contribution < -0.4 is 0 Å². The van der Waals surface area contributed by atoms with Gasteiger partial charge in [-0.2, -0.15) is 0 Å². The standard InChI is InChI=1S/C20H33FSi/c1-2-3-4-5-6-15-22-16-13-19(14-17-22)8-7-18-9-11-20(21)12-10-18/h9-12,19,22H,2-8,13-17H2,1H3/t19-,22-. The van der Waals surface area contributed by atoms with E-state index in [1.807, 2.05) is 12.1 Å². The first-order chi connectivity index (χ1) is 10.8. The monoisotopic (exact) mass is 320 g/mol. The zero-order valence-corrected chi connectivity index (χ0v) is 15.5. The van der Waals surface area contributed by atoms with Crippen LogP contribution in [0.25, 0.3) is 0 Å². The summed E-state index contributed by atoms with van der Waals surface area (Å²) in [6.45, 7) is 2.29. The second-order valence-corrected chi connectivity index (χ2v) is 10.7. The van der Waals surface area contributed by atoms with Crippen LogP contribution >= 0.6 is 0 Å². The Balaban J connectivity index is 1.56. The number of unbranched alkanes of at least 4 members (excludes halogenated alkanes) is 4. The highest BCUT2D eigenvalue weighted by Gasteiger charge is 2.21. The van der Waals surface area contributed by atoms with Gasteiger partial charge in [-0.1, -0.05) is 82.1 Å². The molecule has 0 radical (unpaired) electrons. The zero-order chi connectivity index (χ0) is 15.6. The minimum Gasteiger partial charge on any atom is -0.207 e. The molecule has 124 valence electrons. The molecule has 1 saturated heterocycles. The van der Waals surface area contributed by atoms with Crippen LogP contribution in [-0.4, -0.2) is 8.80 Å². The van der Waals surface area contributed by atoms with Crippen LogP contribution in [-0.2, 0) is 6.42 Å². The molecule has 0 nitrogen and oxygen atoms in total. The summed E-state index contributed by atoms with van der Waals surface area (Å²) in [5.41, 5.74) is 1.30. The van der Waals surface area contributed by atoms with Gasteiger partial charge >= 0.3 is 0 Å². The Morgan fingerprint density at radius 1 is 1.00 bits per heavy atom. The van der Waals surface area contributed by atoms with Crippen LogP contribution in [0.4, 0.5) is 4.39 Å². The molecule has 2 heteroatoms. The predicted octanol–water partition coefficient (Wildman–Crippen LogP) is 6.37. The Labute approximate surface area is 138 Å². The Kier molecular flexibility index (Phi) is 8.21. The highest BCUT2D eigenvalue weighted by atomic mass is 28.3. The molecule has 0 bridgehead atoms. The van der Waals surface area contributed by atoms with Crippen molar-refractivity contribution in [2.75, 3.05) is 0 Å². The lowest BCUT2D eigenvalue weighted by molar-refractivity contribution is 0.436. The third kappa shape index (κ3) is 6.64. The molecule has 22 heavy (non-hydrogen) atoms. The van der Waals surface area contributed by atoms with Crippen LogP contribution in [0, 0.1) is 11.7 Å². The number of hydrogen-bond acceptors (Lipinski definition) is 0. The molecule has 0 spiro atoms. The molecule has 1 aromatic rings. The van der Waals surface area contributed by atoms with E-state index in [1.165, 1.54) is 56.9 Å². The third-order valence-electron chi connectivity index (χ3n) is 5.44. The SMILES string of the molecule is CCCCCCC[Si@H]1CC[C@H](CCc2ccc(F)cc2)CC1. The summed E-state index contributed by atoms with van der Waals surface area (Å²) in [5, 5.41) is 0. The van der Waals surface area contributed by atoms with Gasteiger partial charge in [-0.25, -0.2) is 4.39 Å². The summed E-state index contributed by atoms with van der Waals surface area (Å²) in [7, 11) is -0.371. The first-order valence-electron chi connectivity index (χ1n) is 9.52. The average Bonchev–Trinajstić information content (AvgIpc) is 2.55. The largest absolute Gasteiger partial charge is 0.207 e. The van der Waals surface area contributed by atoms with Crippen LogP contribution in [0.5, 0.6) is 0 Å². The average molecular weight is 321 g/mol. The van der Waals surface area contributed by atoms with Gasteiger partial charge in [0.05, 0.1) is 0 Å². The molecule has 1 fully saturated rings. The number of rotatable bonds is 9. The van der Waals surface area contributed by atoms with E-state index in [2.05, 4.69) is 6.92 Å². The van der Waals surface area contributed by atoms with E-state index in [4.69, 9.17) is 0 Å². The van der Waals surface area contributed by atoms with E-state index in [-0.39, 0.29) is 14.6 Å². The summed E-state index contributed by atoms with van der Waals surface area (Å²) in [6.07, 6.45) is 12.6. The highest BCUT2D eigenvalue weighted by Crippen LogP contribution is 2.31. The van der Waals surface area contributed by atoms with Crippen LogP contribution in [0.15, 0.2) is 24.3 Å². The van der Waals surface area contributed by atoms with Crippen molar-refractivity contribution in [3.8, 4) is 0 Å². The van der Waals surface area contributed by atoms with Crippen molar-refractivity contribution < 1.29 is 4.39 Å². The molecule has 0 amide bonds. The van der Waals surface area contributed by atoms with Gasteiger partial charge in [0, 0.05) is 8.80 Å². The molecular weight excluding hydrogens is 287 g/mol. The molecular formula is C20H33FSi. The van der Waals surface area contributed by atoms with Crippen molar-refractivity contribution in [1.82, 2.24) is 0 Å². The zero-order valence-electron chi connectivity index (χ0n) is 14.3. The van der Waals surface area contributed by atoms with Gasteiger partial charge in [0.25, 0.3) is 0 Å². The first kappa shape index (κ1) is 17.7. The molecule has 1 aliphatic rings. The maximum Gasteiger partial charge on any atom is 0.123 e. The Morgan fingerprint density at radius 3 is 2.36 bits per heavy atom. The molecule has 0 atom stereocenters. The molecule has 0 aromatic heterocycles. The van der Waals surface area contributed by atoms with E-state index in [1.54, 1.807) is 30.3 Å². The Hall–Kier alpha value is -0.633. The topological polar surface area (TPSA) is 0 Å². The van der Waals surface area contributed by atoms with Crippen molar-refractivity contribution in [3.05, 3.63) is 35.6 Å². The second kappa shape index (κ2) is 10.2. The predicted molar refractivity (Wildman–Crippen MR) is 97.8 cm³/mol. The van der Waals surface area contributed by atoms with Crippen molar-refractivity contribution in [3.63, 3.8) is 0 Å². The lowest BCUT2D eigenvalue weighted by atomic mass is 9.94.